The summed E-state index contributed by atoms with van der Waals surface area (Å²) in [4.78, 5) is 48.8. The summed E-state index contributed by atoms with van der Waals surface area (Å²) in [5, 5.41) is 9.21. The van der Waals surface area contributed by atoms with E-state index in [1.54, 1.807) is 22.0 Å². The van der Waals surface area contributed by atoms with E-state index in [1.807, 2.05) is 49.1 Å². The van der Waals surface area contributed by atoms with Crippen molar-refractivity contribution in [1.82, 2.24) is 9.80 Å². The van der Waals surface area contributed by atoms with E-state index in [9.17, 15) is 19.5 Å². The molecule has 230 valence electrons. The van der Waals surface area contributed by atoms with Crippen molar-refractivity contribution in [1.29, 1.82) is 0 Å². The fourth-order valence-electron chi connectivity index (χ4n) is 7.65. The number of unbranched alkanes of at least 4 members (excludes halogenated alkanes) is 3. The van der Waals surface area contributed by atoms with Gasteiger partial charge in [-0.25, -0.2) is 0 Å². The van der Waals surface area contributed by atoms with Crippen LogP contribution in [0.1, 0.15) is 72.1 Å². The Hall–Kier alpha value is -2.97. The lowest BCUT2D eigenvalue weighted by Gasteiger charge is -2.39. The molecule has 1 aromatic carbocycles. The Labute approximate surface area is 251 Å². The maximum atomic E-state index is 14.6. The molecule has 1 N–H and O–H groups in total. The van der Waals surface area contributed by atoms with Crippen molar-refractivity contribution in [2.45, 2.75) is 95.4 Å². The minimum absolute atomic E-state index is 0.0229. The molecule has 6 atom stereocenters. The first-order valence-electron chi connectivity index (χ1n) is 15.7. The van der Waals surface area contributed by atoms with Crippen molar-refractivity contribution in [2.24, 2.45) is 11.8 Å². The van der Waals surface area contributed by atoms with Crippen LogP contribution in [-0.2, 0) is 19.1 Å². The summed E-state index contributed by atoms with van der Waals surface area (Å²) in [5.41, 5.74) is -1.17. The molecule has 3 heterocycles. The van der Waals surface area contributed by atoms with Gasteiger partial charge < -0.3 is 24.5 Å². The molecular formula is C34H49N3O5. The van der Waals surface area contributed by atoms with Gasteiger partial charge in [0.25, 0.3) is 0 Å². The lowest BCUT2D eigenvalue weighted by atomic mass is 9.66. The number of carbonyl (C=O) groups excluding carboxylic acids is 3. The summed E-state index contributed by atoms with van der Waals surface area (Å²) in [6.07, 6.45) is 9.47. The second-order valence-electron chi connectivity index (χ2n) is 12.4. The van der Waals surface area contributed by atoms with Crippen molar-refractivity contribution >= 4 is 23.4 Å². The third-order valence-corrected chi connectivity index (χ3v) is 9.58. The van der Waals surface area contributed by atoms with Gasteiger partial charge in [0.1, 0.15) is 11.6 Å². The number of rotatable bonds is 16. The first-order valence-corrected chi connectivity index (χ1v) is 15.7. The molecule has 3 saturated heterocycles. The largest absolute Gasteiger partial charge is 0.396 e. The minimum atomic E-state index is -1.06. The van der Waals surface area contributed by atoms with Gasteiger partial charge in [-0.15, -0.1) is 13.2 Å². The predicted octanol–water partition coefficient (Wildman–Crippen LogP) is 4.73. The van der Waals surface area contributed by atoms with Crippen LogP contribution < -0.4 is 4.90 Å². The minimum Gasteiger partial charge on any atom is -0.396 e. The van der Waals surface area contributed by atoms with E-state index in [-0.39, 0.29) is 30.4 Å². The summed E-state index contributed by atoms with van der Waals surface area (Å²) in [5.74, 6) is -1.90. The maximum absolute atomic E-state index is 14.6. The highest BCUT2D eigenvalue weighted by molar-refractivity contribution is 6.03. The molecule has 8 nitrogen and oxygen atoms in total. The summed E-state index contributed by atoms with van der Waals surface area (Å²) < 4.78 is 6.87. The molecule has 3 fully saturated rings. The number of nitrogens with zero attached hydrogens (tertiary/aromatic N) is 3. The first-order chi connectivity index (χ1) is 20.2. The van der Waals surface area contributed by atoms with Gasteiger partial charge in [0.2, 0.25) is 17.7 Å². The summed E-state index contributed by atoms with van der Waals surface area (Å²) >= 11 is 0. The molecule has 3 aliphatic rings. The van der Waals surface area contributed by atoms with Crippen molar-refractivity contribution < 1.29 is 24.2 Å². The molecule has 0 radical (unpaired) electrons. The van der Waals surface area contributed by atoms with E-state index in [1.165, 1.54) is 0 Å². The number of aliphatic hydroxyl groups is 1. The van der Waals surface area contributed by atoms with Crippen molar-refractivity contribution in [3.05, 3.63) is 55.6 Å². The number of carbonyl (C=O) groups is 3. The summed E-state index contributed by atoms with van der Waals surface area (Å²) in [7, 11) is 0. The van der Waals surface area contributed by atoms with Gasteiger partial charge in [0.05, 0.1) is 17.4 Å². The van der Waals surface area contributed by atoms with Gasteiger partial charge in [0, 0.05) is 38.0 Å². The van der Waals surface area contributed by atoms with Crippen LogP contribution in [0.15, 0.2) is 55.6 Å². The number of likely N-dealkylation sites (tertiary alicyclic amines) is 1. The third kappa shape index (κ3) is 5.68. The molecule has 3 amide bonds. The van der Waals surface area contributed by atoms with Gasteiger partial charge in [-0.3, -0.25) is 14.4 Å². The van der Waals surface area contributed by atoms with Crippen LogP contribution >= 0.6 is 0 Å². The van der Waals surface area contributed by atoms with Crippen LogP contribution in [0.4, 0.5) is 5.69 Å². The third-order valence-electron chi connectivity index (χ3n) is 9.58. The van der Waals surface area contributed by atoms with E-state index in [0.29, 0.717) is 45.3 Å². The number of hydrogen-bond donors (Lipinski definition) is 1. The van der Waals surface area contributed by atoms with Crippen LogP contribution in [0.2, 0.25) is 0 Å². The van der Waals surface area contributed by atoms with Crippen molar-refractivity contribution in [2.75, 3.05) is 31.1 Å². The van der Waals surface area contributed by atoms with Crippen LogP contribution in [0.3, 0.4) is 0 Å². The second kappa shape index (κ2) is 13.6. The van der Waals surface area contributed by atoms with Crippen LogP contribution in [-0.4, -0.2) is 82.2 Å². The van der Waals surface area contributed by atoms with E-state index < -0.39 is 29.1 Å². The summed E-state index contributed by atoms with van der Waals surface area (Å²) in [6, 6.07) is 8.63. The predicted molar refractivity (Wildman–Crippen MR) is 165 cm³/mol. The van der Waals surface area contributed by atoms with Crippen molar-refractivity contribution in [3.63, 3.8) is 0 Å². The number of amides is 3. The lowest BCUT2D eigenvalue weighted by Crippen LogP contribution is -2.58. The zero-order chi connectivity index (χ0) is 30.5. The van der Waals surface area contributed by atoms with E-state index in [2.05, 4.69) is 20.1 Å². The summed E-state index contributed by atoms with van der Waals surface area (Å²) in [6.45, 7) is 15.1. The quantitative estimate of drug-likeness (QED) is 0.226. The smallest absolute Gasteiger partial charge is 0.248 e. The van der Waals surface area contributed by atoms with E-state index in [4.69, 9.17) is 4.74 Å². The number of fused-ring (bicyclic) bond motifs is 1. The number of hydrogen-bond acceptors (Lipinski definition) is 5. The standard InChI is InChI=1S/C34H49N3O5/c1-6-16-25(4)35(21-7-2)32(41)29-34-20-19-33(5,42-34)27(28(34)31(40)37(29)23-14-9-10-15-24-38)30(39)36(22-8-3)26-17-12-11-13-18-26/h7-8,11-13,17-18,25,27-29,38H,2-3,6,9-10,14-16,19-24H2,1,4-5H3/t25?,27-,28-,29?,33+,34?/m0/s1. The van der Waals surface area contributed by atoms with Gasteiger partial charge in [-0.05, 0) is 58.1 Å². The SMILES string of the molecule is C=CCN(C(=O)[C@@H]1[C@H]2C(=O)N(CCCCCCO)C(C(=O)N(CC=C)C(C)CCC)C23CC[C@@]1(C)O3)c1ccccc1. The number of ether oxygens (including phenoxy) is 1. The van der Waals surface area contributed by atoms with Crippen LogP contribution in [0, 0.1) is 11.8 Å². The topological polar surface area (TPSA) is 90.4 Å². The highest BCUT2D eigenvalue weighted by Crippen LogP contribution is 2.63. The molecule has 1 aromatic rings. The number of aliphatic hydroxyl groups excluding tert-OH is 1. The van der Waals surface area contributed by atoms with Gasteiger partial charge in [-0.1, -0.05) is 56.5 Å². The lowest BCUT2D eigenvalue weighted by molar-refractivity contribution is -0.152. The van der Waals surface area contributed by atoms with Gasteiger partial charge in [-0.2, -0.15) is 0 Å². The fraction of sp³-hybridized carbons (Fsp3) is 0.618. The molecule has 0 aliphatic carbocycles. The molecule has 42 heavy (non-hydrogen) atoms. The number of anilines is 1. The highest BCUT2D eigenvalue weighted by Gasteiger charge is 2.78. The molecule has 0 aromatic heterocycles. The zero-order valence-corrected chi connectivity index (χ0v) is 25.7. The first kappa shape index (κ1) is 32.0. The van der Waals surface area contributed by atoms with Crippen molar-refractivity contribution in [3.8, 4) is 0 Å². The molecule has 1 spiro atoms. The Kier molecular flexibility index (Phi) is 10.3. The zero-order valence-electron chi connectivity index (χ0n) is 25.7. The molecule has 8 heteroatoms. The average Bonchev–Trinajstić information content (AvgIpc) is 3.55. The monoisotopic (exact) mass is 579 g/mol. The fourth-order valence-corrected chi connectivity index (χ4v) is 7.65. The Morgan fingerprint density at radius 1 is 1.10 bits per heavy atom. The molecule has 0 saturated carbocycles. The average molecular weight is 580 g/mol. The molecule has 3 aliphatic heterocycles. The molecule has 3 unspecified atom stereocenters. The number of para-hydroxylation sites is 1. The van der Waals surface area contributed by atoms with Gasteiger partial charge in [0.15, 0.2) is 0 Å². The Balaban J connectivity index is 1.74. The Morgan fingerprint density at radius 2 is 1.79 bits per heavy atom. The van der Waals surface area contributed by atoms with Gasteiger partial charge >= 0.3 is 0 Å². The Morgan fingerprint density at radius 3 is 2.43 bits per heavy atom. The number of benzene rings is 1. The Bertz CT molecular complexity index is 1140. The normalized spacial score (nSPS) is 28.4. The molecule has 4 rings (SSSR count). The molecule has 2 bridgehead atoms. The highest BCUT2D eigenvalue weighted by atomic mass is 16.5. The maximum Gasteiger partial charge on any atom is 0.248 e. The van der Waals surface area contributed by atoms with Crippen LogP contribution in [0.5, 0.6) is 0 Å². The molecular weight excluding hydrogens is 530 g/mol. The van der Waals surface area contributed by atoms with E-state index in [0.717, 1.165) is 31.4 Å². The second-order valence-corrected chi connectivity index (χ2v) is 12.4. The van der Waals surface area contributed by atoms with E-state index >= 15 is 0 Å². The van der Waals surface area contributed by atoms with Crippen LogP contribution in [0.25, 0.3) is 0 Å².